The number of methoxy groups -OCH3 is 1. The number of nitrogens with zero attached hydrogens (tertiary/aromatic N) is 2. The monoisotopic (exact) mass is 374 g/mol. The molecule has 2 heterocycles. The summed E-state index contributed by atoms with van der Waals surface area (Å²) in [5.41, 5.74) is 0.300. The van der Waals surface area contributed by atoms with Crippen LogP contribution in [0, 0.1) is 0 Å². The van der Waals surface area contributed by atoms with Gasteiger partial charge in [0.05, 0.1) is 7.11 Å². The summed E-state index contributed by atoms with van der Waals surface area (Å²) in [4.78, 5) is 5.74. The molecule has 1 aromatic heterocycles. The number of halogens is 3. The molecule has 27 heavy (non-hydrogen) atoms. The molecule has 0 spiro atoms. The van der Waals surface area contributed by atoms with Crippen LogP contribution in [0.15, 0.2) is 48.5 Å². The third kappa shape index (κ3) is 3.30. The van der Waals surface area contributed by atoms with Crippen molar-refractivity contribution in [1.29, 1.82) is 0 Å². The number of hydrogen-bond acceptors (Lipinski definition) is 4. The highest BCUT2D eigenvalue weighted by Gasteiger charge is 2.39. The zero-order valence-electron chi connectivity index (χ0n) is 14.6. The lowest BCUT2D eigenvalue weighted by Gasteiger charge is -2.31. The van der Waals surface area contributed by atoms with Crippen molar-refractivity contribution in [2.45, 2.75) is 19.3 Å². The summed E-state index contributed by atoms with van der Waals surface area (Å²) < 4.78 is 52.1. The van der Waals surface area contributed by atoms with Gasteiger partial charge in [-0.2, -0.15) is 13.2 Å². The van der Waals surface area contributed by atoms with E-state index in [1.165, 1.54) is 7.11 Å². The minimum absolute atomic E-state index is 0.0606. The maximum absolute atomic E-state index is 13.7. The third-order valence-corrected chi connectivity index (χ3v) is 4.54. The molecule has 1 aliphatic rings. The normalized spacial score (nSPS) is 14.7. The van der Waals surface area contributed by atoms with E-state index in [-0.39, 0.29) is 35.9 Å². The molecule has 0 amide bonds. The Morgan fingerprint density at radius 2 is 1.89 bits per heavy atom. The minimum Gasteiger partial charge on any atom is -0.494 e. The lowest BCUT2D eigenvalue weighted by molar-refractivity contribution is -0.142. The Hall–Kier alpha value is -2.80. The van der Waals surface area contributed by atoms with Crippen molar-refractivity contribution in [2.75, 3.05) is 13.8 Å². The summed E-state index contributed by atoms with van der Waals surface area (Å²) in [5.74, 6) is 0.520. The predicted molar refractivity (Wildman–Crippen MR) is 94.5 cm³/mol. The molecule has 0 fully saturated rings. The van der Waals surface area contributed by atoms with Crippen LogP contribution in [0.25, 0.3) is 10.9 Å². The number of hydrogen-bond donors (Lipinski definition) is 0. The van der Waals surface area contributed by atoms with E-state index in [1.807, 2.05) is 35.2 Å². The van der Waals surface area contributed by atoms with Gasteiger partial charge in [-0.1, -0.05) is 36.4 Å². The van der Waals surface area contributed by atoms with Crippen LogP contribution in [0.3, 0.4) is 0 Å². The Morgan fingerprint density at radius 1 is 1.11 bits per heavy atom. The number of benzene rings is 2. The number of fused-ring (bicyclic) bond motifs is 3. The Kier molecular flexibility index (Phi) is 4.39. The molecule has 1 aliphatic heterocycles. The van der Waals surface area contributed by atoms with Crippen LogP contribution in [0.5, 0.6) is 11.5 Å². The smallest absolute Gasteiger partial charge is 0.433 e. The van der Waals surface area contributed by atoms with Gasteiger partial charge in [0, 0.05) is 24.0 Å². The van der Waals surface area contributed by atoms with Crippen molar-refractivity contribution in [3.63, 3.8) is 0 Å². The van der Waals surface area contributed by atoms with Gasteiger partial charge in [0.15, 0.2) is 5.69 Å². The Balaban J connectivity index is 1.80. The Labute approximate surface area is 154 Å². The third-order valence-electron chi connectivity index (χ3n) is 4.54. The van der Waals surface area contributed by atoms with Crippen LogP contribution in [0.1, 0.15) is 16.8 Å². The predicted octanol–water partition coefficient (Wildman–Crippen LogP) is 4.61. The molecule has 0 saturated heterocycles. The van der Waals surface area contributed by atoms with Crippen molar-refractivity contribution in [3.05, 3.63) is 65.4 Å². The number of para-hydroxylation sites is 1. The standard InChI is InChI=1S/C20H17F3N2O2/c1-26-16-9-5-8-14-17(16)24-19(20(21,22)23)15-11-25(12-27-18(14)15)10-13-6-3-2-4-7-13/h2-9H,10-12H2,1H3. The highest BCUT2D eigenvalue weighted by atomic mass is 19.4. The van der Waals surface area contributed by atoms with Crippen molar-refractivity contribution in [2.24, 2.45) is 0 Å². The summed E-state index contributed by atoms with van der Waals surface area (Å²) in [5, 5.41) is 0.525. The van der Waals surface area contributed by atoms with Crippen LogP contribution in [-0.4, -0.2) is 23.7 Å². The highest BCUT2D eigenvalue weighted by Crippen LogP contribution is 2.43. The van der Waals surface area contributed by atoms with E-state index in [0.717, 1.165) is 5.56 Å². The molecule has 7 heteroatoms. The van der Waals surface area contributed by atoms with Crippen LogP contribution >= 0.6 is 0 Å². The summed E-state index contributed by atoms with van der Waals surface area (Å²) in [6.07, 6.45) is -4.59. The van der Waals surface area contributed by atoms with E-state index in [2.05, 4.69) is 4.98 Å². The SMILES string of the molecule is COc1cccc2c3c(c(C(F)(F)F)nc12)CN(Cc1ccccc1)CO3. The molecule has 0 N–H and O–H groups in total. The van der Waals surface area contributed by atoms with E-state index >= 15 is 0 Å². The van der Waals surface area contributed by atoms with Crippen molar-refractivity contribution >= 4 is 10.9 Å². The Bertz CT molecular complexity index is 974. The number of rotatable bonds is 3. The van der Waals surface area contributed by atoms with Gasteiger partial charge in [-0.25, -0.2) is 4.98 Å². The molecule has 0 radical (unpaired) electrons. The molecule has 4 nitrogen and oxygen atoms in total. The summed E-state index contributed by atoms with van der Waals surface area (Å²) in [6, 6.07) is 14.6. The molecule has 0 unspecified atom stereocenters. The summed E-state index contributed by atoms with van der Waals surface area (Å²) >= 11 is 0. The first kappa shape index (κ1) is 17.6. The fourth-order valence-electron chi connectivity index (χ4n) is 3.35. The molecule has 4 rings (SSSR count). The second kappa shape index (κ2) is 6.74. The average molecular weight is 374 g/mol. The largest absolute Gasteiger partial charge is 0.494 e. The van der Waals surface area contributed by atoms with E-state index < -0.39 is 11.9 Å². The van der Waals surface area contributed by atoms with Crippen LogP contribution < -0.4 is 9.47 Å². The topological polar surface area (TPSA) is 34.6 Å². The molecule has 0 aliphatic carbocycles. The Morgan fingerprint density at radius 3 is 2.59 bits per heavy atom. The van der Waals surface area contributed by atoms with Gasteiger partial charge in [-0.05, 0) is 17.7 Å². The van der Waals surface area contributed by atoms with Gasteiger partial charge < -0.3 is 9.47 Å². The molecule has 0 bridgehead atoms. The first-order chi connectivity index (χ1) is 13.0. The highest BCUT2D eigenvalue weighted by molar-refractivity contribution is 5.91. The van der Waals surface area contributed by atoms with Gasteiger partial charge in [0.25, 0.3) is 0 Å². The number of ether oxygens (including phenoxy) is 2. The van der Waals surface area contributed by atoms with Gasteiger partial charge >= 0.3 is 6.18 Å². The summed E-state index contributed by atoms with van der Waals surface area (Å²) in [7, 11) is 1.41. The van der Waals surface area contributed by atoms with E-state index in [9.17, 15) is 13.2 Å². The molecule has 0 atom stereocenters. The maximum atomic E-state index is 13.7. The number of pyridine rings is 1. The van der Waals surface area contributed by atoms with Gasteiger partial charge in [0.1, 0.15) is 23.7 Å². The van der Waals surface area contributed by atoms with E-state index in [4.69, 9.17) is 9.47 Å². The van der Waals surface area contributed by atoms with Crippen molar-refractivity contribution in [3.8, 4) is 11.5 Å². The molecular weight excluding hydrogens is 357 g/mol. The minimum atomic E-state index is -4.59. The van der Waals surface area contributed by atoms with Gasteiger partial charge in [0.2, 0.25) is 0 Å². The molecule has 140 valence electrons. The second-order valence-electron chi connectivity index (χ2n) is 6.37. The van der Waals surface area contributed by atoms with Crippen molar-refractivity contribution < 1.29 is 22.6 Å². The number of alkyl halides is 3. The van der Waals surface area contributed by atoms with Crippen LogP contribution in [0.2, 0.25) is 0 Å². The number of aromatic nitrogens is 1. The fourth-order valence-corrected chi connectivity index (χ4v) is 3.35. The lowest BCUT2D eigenvalue weighted by atomic mass is 10.0. The fraction of sp³-hybridized carbons (Fsp3) is 0.250. The molecule has 2 aromatic carbocycles. The maximum Gasteiger partial charge on any atom is 0.433 e. The summed E-state index contributed by atoms with van der Waals surface area (Å²) in [6.45, 7) is 0.808. The zero-order chi connectivity index (χ0) is 19.0. The van der Waals surface area contributed by atoms with Crippen LogP contribution in [0.4, 0.5) is 13.2 Å². The van der Waals surface area contributed by atoms with Crippen molar-refractivity contribution in [1.82, 2.24) is 9.88 Å². The molecule has 3 aromatic rings. The first-order valence-corrected chi connectivity index (χ1v) is 8.43. The van der Waals surface area contributed by atoms with E-state index in [1.54, 1.807) is 18.2 Å². The quantitative estimate of drug-likeness (QED) is 0.670. The van der Waals surface area contributed by atoms with Gasteiger partial charge in [-0.3, -0.25) is 4.90 Å². The van der Waals surface area contributed by atoms with E-state index in [0.29, 0.717) is 11.9 Å². The van der Waals surface area contributed by atoms with Crippen LogP contribution in [-0.2, 0) is 19.3 Å². The zero-order valence-corrected chi connectivity index (χ0v) is 14.6. The van der Waals surface area contributed by atoms with Gasteiger partial charge in [-0.15, -0.1) is 0 Å². The second-order valence-corrected chi connectivity index (χ2v) is 6.37. The average Bonchev–Trinajstić information content (AvgIpc) is 2.66. The lowest BCUT2D eigenvalue weighted by Crippen LogP contribution is -2.33. The molecule has 0 saturated carbocycles. The molecular formula is C20H17F3N2O2. The first-order valence-electron chi connectivity index (χ1n) is 8.43.